The van der Waals surface area contributed by atoms with Gasteiger partial charge in [-0.1, -0.05) is 34.3 Å². The van der Waals surface area contributed by atoms with E-state index < -0.39 is 0 Å². The summed E-state index contributed by atoms with van der Waals surface area (Å²) >= 11 is 1.88. The highest BCUT2D eigenvalue weighted by Gasteiger charge is 2.40. The lowest BCUT2D eigenvalue weighted by molar-refractivity contribution is 0.101. The Morgan fingerprint density at radius 2 is 1.80 bits per heavy atom. The number of thiophene rings is 1. The van der Waals surface area contributed by atoms with E-state index in [0.717, 1.165) is 11.3 Å². The number of carbonyl (C=O) groups is 1. The number of Topliss-reactive ketones (excluding diaryl/α,β-unsaturated/α-hetero) is 1. The number of ketones is 1. The number of rotatable bonds is 3. The lowest BCUT2D eigenvalue weighted by atomic mass is 9.66. The van der Waals surface area contributed by atoms with Crippen molar-refractivity contribution in [3.05, 3.63) is 57.0 Å². The molecule has 3 rings (SSSR count). The average molecular weight is 354 g/mol. The minimum absolute atomic E-state index is 0.0379. The van der Waals surface area contributed by atoms with Crippen LogP contribution >= 0.6 is 11.3 Å². The van der Waals surface area contributed by atoms with E-state index in [1.54, 1.807) is 13.1 Å². The number of carbonyl (C=O) groups excluding carboxylic acids is 1. The van der Waals surface area contributed by atoms with Crippen LogP contribution in [0.15, 0.2) is 24.9 Å². The van der Waals surface area contributed by atoms with E-state index in [0.29, 0.717) is 5.56 Å². The molecule has 132 valence electrons. The van der Waals surface area contributed by atoms with Gasteiger partial charge in [0.05, 0.1) is 5.69 Å². The van der Waals surface area contributed by atoms with Gasteiger partial charge in [0, 0.05) is 27.1 Å². The predicted octanol–water partition coefficient (Wildman–Crippen LogP) is 6.06. The molecule has 2 heterocycles. The Hall–Kier alpha value is -1.74. The van der Waals surface area contributed by atoms with Crippen LogP contribution in [0, 0.1) is 6.92 Å². The summed E-state index contributed by atoms with van der Waals surface area (Å²) in [6.07, 6.45) is 4.08. The Labute approximate surface area is 155 Å². The van der Waals surface area contributed by atoms with E-state index in [1.165, 1.54) is 33.7 Å². The summed E-state index contributed by atoms with van der Waals surface area (Å²) in [7, 11) is 0. The summed E-state index contributed by atoms with van der Waals surface area (Å²) in [5.41, 5.74) is 5.72. The first kappa shape index (κ1) is 18.1. The molecule has 2 aromatic rings. The highest BCUT2D eigenvalue weighted by molar-refractivity contribution is 7.13. The first-order valence-corrected chi connectivity index (χ1v) is 9.67. The molecular weight excluding hydrogens is 326 g/mol. The van der Waals surface area contributed by atoms with E-state index in [-0.39, 0.29) is 16.6 Å². The molecule has 0 N–H and O–H groups in total. The molecular formula is C22H27NOS. The van der Waals surface area contributed by atoms with Crippen LogP contribution in [-0.4, -0.2) is 10.8 Å². The minimum Gasteiger partial charge on any atom is -0.294 e. The van der Waals surface area contributed by atoms with Gasteiger partial charge < -0.3 is 0 Å². The van der Waals surface area contributed by atoms with Gasteiger partial charge in [-0.25, -0.2) is 0 Å². The lowest BCUT2D eigenvalue weighted by Crippen LogP contribution is -2.32. The second-order valence-electron chi connectivity index (χ2n) is 8.49. The molecule has 0 radical (unpaired) electrons. The molecule has 0 aliphatic heterocycles. The zero-order valence-corrected chi connectivity index (χ0v) is 16.9. The molecule has 0 saturated heterocycles. The maximum Gasteiger partial charge on any atom is 0.161 e. The maximum absolute atomic E-state index is 11.5. The average Bonchev–Trinajstić information content (AvgIpc) is 2.91. The van der Waals surface area contributed by atoms with Crippen molar-refractivity contribution in [2.45, 2.75) is 65.2 Å². The second-order valence-corrected chi connectivity index (χ2v) is 9.52. The van der Waals surface area contributed by atoms with Crippen molar-refractivity contribution in [1.29, 1.82) is 0 Å². The summed E-state index contributed by atoms with van der Waals surface area (Å²) in [5, 5.41) is 0. The Morgan fingerprint density at radius 3 is 2.32 bits per heavy atom. The third kappa shape index (κ3) is 2.99. The van der Waals surface area contributed by atoms with Crippen molar-refractivity contribution in [2.75, 3.05) is 0 Å². The zero-order chi connectivity index (χ0) is 18.6. The molecule has 1 aliphatic carbocycles. The first-order chi connectivity index (χ1) is 11.5. The third-order valence-electron chi connectivity index (χ3n) is 5.57. The third-order valence-corrected chi connectivity index (χ3v) is 7.28. The van der Waals surface area contributed by atoms with E-state index in [4.69, 9.17) is 0 Å². The van der Waals surface area contributed by atoms with Crippen LogP contribution in [0.5, 0.6) is 0 Å². The van der Waals surface area contributed by atoms with Gasteiger partial charge in [-0.2, -0.15) is 0 Å². The monoisotopic (exact) mass is 353 g/mol. The van der Waals surface area contributed by atoms with Crippen molar-refractivity contribution in [1.82, 2.24) is 4.98 Å². The van der Waals surface area contributed by atoms with Gasteiger partial charge in [-0.3, -0.25) is 9.78 Å². The van der Waals surface area contributed by atoms with E-state index in [9.17, 15) is 4.79 Å². The van der Waals surface area contributed by atoms with Crippen molar-refractivity contribution in [2.24, 2.45) is 0 Å². The highest BCUT2D eigenvalue weighted by atomic mass is 32.1. The smallest absolute Gasteiger partial charge is 0.161 e. The van der Waals surface area contributed by atoms with Crippen LogP contribution in [0.3, 0.4) is 0 Å². The van der Waals surface area contributed by atoms with Gasteiger partial charge in [-0.05, 0) is 60.8 Å². The normalized spacial score (nSPS) is 17.8. The van der Waals surface area contributed by atoms with E-state index >= 15 is 0 Å². The SMILES string of the molecule is C=C(c1ccc(C(C)=O)cn1)c1sc2c(c1C)C(C)(C)CCC2(C)C. The molecule has 1 aliphatic rings. The summed E-state index contributed by atoms with van der Waals surface area (Å²) < 4.78 is 0. The van der Waals surface area contributed by atoms with Crippen molar-refractivity contribution >= 4 is 22.7 Å². The van der Waals surface area contributed by atoms with Gasteiger partial charge >= 0.3 is 0 Å². The van der Waals surface area contributed by atoms with Gasteiger partial charge in [0.15, 0.2) is 5.78 Å². The molecule has 0 fully saturated rings. The number of hydrogen-bond acceptors (Lipinski definition) is 3. The van der Waals surface area contributed by atoms with Crippen LogP contribution in [0.2, 0.25) is 0 Å². The number of fused-ring (bicyclic) bond motifs is 1. The second kappa shape index (κ2) is 5.91. The quantitative estimate of drug-likeness (QED) is 0.627. The molecule has 2 aromatic heterocycles. The molecule has 0 spiro atoms. The van der Waals surface area contributed by atoms with Crippen molar-refractivity contribution in [3.8, 4) is 0 Å². The van der Waals surface area contributed by atoms with E-state index in [2.05, 4.69) is 46.2 Å². The fourth-order valence-electron chi connectivity index (χ4n) is 3.85. The summed E-state index contributed by atoms with van der Waals surface area (Å²) in [6.45, 7) is 17.5. The Bertz CT molecular complexity index is 853. The fraction of sp³-hybridized carbons (Fsp3) is 0.455. The van der Waals surface area contributed by atoms with E-state index in [1.807, 2.05) is 23.5 Å². The number of hydrogen-bond donors (Lipinski definition) is 0. The summed E-state index contributed by atoms with van der Waals surface area (Å²) in [5.74, 6) is 0.0379. The summed E-state index contributed by atoms with van der Waals surface area (Å²) in [6, 6.07) is 3.75. The van der Waals surface area contributed by atoms with Gasteiger partial charge in [-0.15, -0.1) is 11.3 Å². The van der Waals surface area contributed by atoms with Gasteiger partial charge in [0.1, 0.15) is 0 Å². The predicted molar refractivity (Wildman–Crippen MR) is 107 cm³/mol. The number of pyridine rings is 1. The molecule has 0 saturated carbocycles. The Kier molecular flexibility index (Phi) is 4.27. The number of nitrogens with zero attached hydrogens (tertiary/aromatic N) is 1. The molecule has 3 heteroatoms. The molecule has 0 unspecified atom stereocenters. The topological polar surface area (TPSA) is 30.0 Å². The fourth-order valence-corrected chi connectivity index (χ4v) is 5.45. The molecule has 0 bridgehead atoms. The number of aromatic nitrogens is 1. The molecule has 2 nitrogen and oxygen atoms in total. The van der Waals surface area contributed by atoms with Crippen LogP contribution in [0.25, 0.3) is 5.57 Å². The maximum atomic E-state index is 11.5. The molecule has 0 aromatic carbocycles. The minimum atomic E-state index is 0.0379. The van der Waals surface area contributed by atoms with Crippen molar-refractivity contribution < 1.29 is 4.79 Å². The Balaban J connectivity index is 2.08. The molecule has 0 atom stereocenters. The van der Waals surface area contributed by atoms with Crippen LogP contribution in [0.1, 0.15) is 84.4 Å². The van der Waals surface area contributed by atoms with Crippen LogP contribution in [-0.2, 0) is 10.8 Å². The molecule has 25 heavy (non-hydrogen) atoms. The van der Waals surface area contributed by atoms with Crippen LogP contribution in [0.4, 0.5) is 0 Å². The molecule has 0 amide bonds. The van der Waals surface area contributed by atoms with Gasteiger partial charge in [0.2, 0.25) is 0 Å². The summed E-state index contributed by atoms with van der Waals surface area (Å²) in [4.78, 5) is 18.7. The largest absolute Gasteiger partial charge is 0.294 e. The zero-order valence-electron chi connectivity index (χ0n) is 16.1. The first-order valence-electron chi connectivity index (χ1n) is 8.85. The standard InChI is InChI=1S/C22H27NOS/c1-13(17-9-8-16(12-23-17)15(3)24)19-14(2)18-20(25-19)22(6,7)11-10-21(18,4)5/h8-9,12H,1,10-11H2,2-7H3. The van der Waals surface area contributed by atoms with Crippen LogP contribution < -0.4 is 0 Å². The Morgan fingerprint density at radius 1 is 1.16 bits per heavy atom. The highest BCUT2D eigenvalue weighted by Crippen LogP contribution is 2.52. The van der Waals surface area contributed by atoms with Crippen molar-refractivity contribution in [3.63, 3.8) is 0 Å². The lowest BCUT2D eigenvalue weighted by Gasteiger charge is -2.39. The van der Waals surface area contributed by atoms with Gasteiger partial charge in [0.25, 0.3) is 0 Å².